The monoisotopic (exact) mass is 270 g/mol. The number of methoxy groups -OCH3 is 1. The van der Waals surface area contributed by atoms with Crippen molar-refractivity contribution in [1.29, 1.82) is 0 Å². The number of likely N-dealkylation sites (N-methyl/N-ethyl adjacent to an activating group) is 1. The van der Waals surface area contributed by atoms with E-state index in [0.29, 0.717) is 17.6 Å². The Kier molecular flexibility index (Phi) is 4.74. The molecule has 0 spiro atoms. The molecule has 1 saturated carbocycles. The van der Waals surface area contributed by atoms with Crippen LogP contribution in [0.4, 0.5) is 5.82 Å². The Hall–Kier alpha value is -0.910. The van der Waals surface area contributed by atoms with Crippen LogP contribution in [-0.2, 0) is 11.3 Å². The molecule has 0 aliphatic heterocycles. The fourth-order valence-electron chi connectivity index (χ4n) is 1.81. The van der Waals surface area contributed by atoms with Crippen LogP contribution in [0, 0.1) is 0 Å². The predicted octanol–water partition coefficient (Wildman–Crippen LogP) is 1.78. The molecule has 1 aromatic heterocycles. The minimum absolute atomic E-state index is 0.372. The molecule has 0 atom stereocenters. The maximum Gasteiger partial charge on any atom is 0.158 e. The Morgan fingerprint density at radius 1 is 1.50 bits per heavy atom. The number of nitrogens with one attached hydrogen (secondary N) is 1. The van der Waals surface area contributed by atoms with Crippen LogP contribution in [0.5, 0.6) is 0 Å². The van der Waals surface area contributed by atoms with Gasteiger partial charge in [-0.2, -0.15) is 0 Å². The van der Waals surface area contributed by atoms with Crippen molar-refractivity contribution in [3.63, 3.8) is 0 Å². The Bertz CT molecular complexity index is 398. The second-order valence-corrected chi connectivity index (χ2v) is 4.95. The van der Waals surface area contributed by atoms with Gasteiger partial charge in [-0.15, -0.1) is 0 Å². The predicted molar refractivity (Wildman–Crippen MR) is 71.9 cm³/mol. The van der Waals surface area contributed by atoms with Gasteiger partial charge < -0.3 is 15.0 Å². The van der Waals surface area contributed by atoms with Crippen molar-refractivity contribution in [2.24, 2.45) is 0 Å². The first kappa shape index (κ1) is 13.5. The summed E-state index contributed by atoms with van der Waals surface area (Å²) in [6.07, 6.45) is 2.65. The molecule has 18 heavy (non-hydrogen) atoms. The zero-order chi connectivity index (χ0) is 13.0. The molecular formula is C12H19ClN4O. The summed E-state index contributed by atoms with van der Waals surface area (Å²) in [7, 11) is 3.77. The summed E-state index contributed by atoms with van der Waals surface area (Å²) in [5.41, 5.74) is 0. The lowest BCUT2D eigenvalue weighted by Gasteiger charge is -2.16. The lowest BCUT2D eigenvalue weighted by atomic mass is 10.4. The molecule has 6 heteroatoms. The number of ether oxygens (including phenoxy) is 1. The highest BCUT2D eigenvalue weighted by Gasteiger charge is 2.25. The molecule has 0 aromatic carbocycles. The highest BCUT2D eigenvalue weighted by molar-refractivity contribution is 6.29. The van der Waals surface area contributed by atoms with Crippen LogP contribution in [0.2, 0.25) is 5.15 Å². The van der Waals surface area contributed by atoms with Crippen molar-refractivity contribution >= 4 is 17.4 Å². The molecule has 5 nitrogen and oxygen atoms in total. The minimum Gasteiger partial charge on any atom is -0.377 e. The second-order valence-electron chi connectivity index (χ2n) is 4.56. The standard InChI is InChI=1S/C12H19ClN4O/c1-17(9-3-4-9)6-5-14-11-7-10(13)15-12(16-11)8-18-2/h7,9H,3-6,8H2,1-2H3,(H,14,15,16). The highest BCUT2D eigenvalue weighted by atomic mass is 35.5. The van der Waals surface area contributed by atoms with Gasteiger partial charge in [0, 0.05) is 32.3 Å². The Morgan fingerprint density at radius 3 is 2.94 bits per heavy atom. The van der Waals surface area contributed by atoms with Crippen molar-refractivity contribution in [3.05, 3.63) is 17.0 Å². The van der Waals surface area contributed by atoms with Gasteiger partial charge in [0.15, 0.2) is 5.82 Å². The van der Waals surface area contributed by atoms with E-state index in [2.05, 4.69) is 27.2 Å². The van der Waals surface area contributed by atoms with E-state index in [0.717, 1.165) is 24.9 Å². The molecule has 0 saturated heterocycles. The molecule has 1 heterocycles. The summed E-state index contributed by atoms with van der Waals surface area (Å²) < 4.78 is 5.00. The number of nitrogens with zero attached hydrogens (tertiary/aromatic N) is 3. The number of aromatic nitrogens is 2. The molecule has 1 aliphatic carbocycles. The largest absolute Gasteiger partial charge is 0.377 e. The lowest BCUT2D eigenvalue weighted by Crippen LogP contribution is -2.27. The highest BCUT2D eigenvalue weighted by Crippen LogP contribution is 2.24. The Labute approximate surface area is 113 Å². The van der Waals surface area contributed by atoms with E-state index < -0.39 is 0 Å². The van der Waals surface area contributed by atoms with Gasteiger partial charge in [0.05, 0.1) is 0 Å². The third-order valence-corrected chi connectivity index (χ3v) is 3.15. The van der Waals surface area contributed by atoms with Crippen LogP contribution in [0.1, 0.15) is 18.7 Å². The number of hydrogen-bond donors (Lipinski definition) is 1. The van der Waals surface area contributed by atoms with Crippen molar-refractivity contribution in [3.8, 4) is 0 Å². The molecule has 2 rings (SSSR count). The molecule has 1 aromatic rings. The molecule has 1 aliphatic rings. The molecule has 0 unspecified atom stereocenters. The molecule has 0 bridgehead atoms. The molecular weight excluding hydrogens is 252 g/mol. The van der Waals surface area contributed by atoms with E-state index in [1.807, 2.05) is 0 Å². The first-order valence-electron chi connectivity index (χ1n) is 6.15. The first-order chi connectivity index (χ1) is 8.69. The van der Waals surface area contributed by atoms with Crippen LogP contribution >= 0.6 is 11.6 Å². The summed E-state index contributed by atoms with van der Waals surface area (Å²) in [5.74, 6) is 1.36. The zero-order valence-electron chi connectivity index (χ0n) is 10.8. The van der Waals surface area contributed by atoms with Gasteiger partial charge in [0.1, 0.15) is 17.6 Å². The van der Waals surface area contributed by atoms with Crippen molar-refractivity contribution in [2.75, 3.05) is 32.6 Å². The maximum atomic E-state index is 5.93. The van der Waals surface area contributed by atoms with Crippen molar-refractivity contribution in [2.45, 2.75) is 25.5 Å². The fraction of sp³-hybridized carbons (Fsp3) is 0.667. The minimum atomic E-state index is 0.372. The summed E-state index contributed by atoms with van der Waals surface area (Å²) in [6, 6.07) is 2.52. The third-order valence-electron chi connectivity index (χ3n) is 2.96. The van der Waals surface area contributed by atoms with Gasteiger partial charge in [-0.05, 0) is 19.9 Å². The number of anilines is 1. The number of rotatable bonds is 7. The molecule has 0 amide bonds. The average molecular weight is 271 g/mol. The summed E-state index contributed by atoms with van der Waals surface area (Å²) in [6.45, 7) is 2.23. The van der Waals surface area contributed by atoms with E-state index in [1.165, 1.54) is 12.8 Å². The van der Waals surface area contributed by atoms with E-state index >= 15 is 0 Å². The molecule has 1 N–H and O–H groups in total. The van der Waals surface area contributed by atoms with E-state index in [1.54, 1.807) is 13.2 Å². The van der Waals surface area contributed by atoms with Gasteiger partial charge in [0.2, 0.25) is 0 Å². The quantitative estimate of drug-likeness (QED) is 0.766. The van der Waals surface area contributed by atoms with Gasteiger partial charge in [-0.3, -0.25) is 0 Å². The summed E-state index contributed by atoms with van der Waals surface area (Å²) >= 11 is 5.93. The van der Waals surface area contributed by atoms with Gasteiger partial charge in [-0.1, -0.05) is 11.6 Å². The van der Waals surface area contributed by atoms with E-state index in [-0.39, 0.29) is 0 Å². The van der Waals surface area contributed by atoms with Gasteiger partial charge in [-0.25, -0.2) is 9.97 Å². The van der Waals surface area contributed by atoms with Gasteiger partial charge in [0.25, 0.3) is 0 Å². The first-order valence-corrected chi connectivity index (χ1v) is 6.53. The maximum absolute atomic E-state index is 5.93. The van der Waals surface area contributed by atoms with Crippen LogP contribution in [-0.4, -0.2) is 48.2 Å². The lowest BCUT2D eigenvalue weighted by molar-refractivity contribution is 0.178. The Balaban J connectivity index is 1.83. The molecule has 100 valence electrons. The SMILES string of the molecule is COCc1nc(Cl)cc(NCCN(C)C2CC2)n1. The van der Waals surface area contributed by atoms with Crippen molar-refractivity contribution in [1.82, 2.24) is 14.9 Å². The number of halogens is 1. The van der Waals surface area contributed by atoms with Crippen LogP contribution in [0.15, 0.2) is 6.07 Å². The number of hydrogen-bond acceptors (Lipinski definition) is 5. The van der Waals surface area contributed by atoms with Gasteiger partial charge >= 0.3 is 0 Å². The molecule has 1 fully saturated rings. The average Bonchev–Trinajstić information content (AvgIpc) is 3.12. The zero-order valence-corrected chi connectivity index (χ0v) is 11.6. The van der Waals surface area contributed by atoms with Crippen LogP contribution < -0.4 is 5.32 Å². The summed E-state index contributed by atoms with van der Waals surface area (Å²) in [4.78, 5) is 10.8. The third kappa shape index (κ3) is 4.08. The smallest absolute Gasteiger partial charge is 0.158 e. The summed E-state index contributed by atoms with van der Waals surface area (Å²) in [5, 5.41) is 3.70. The normalized spacial score (nSPS) is 15.1. The van der Waals surface area contributed by atoms with E-state index in [4.69, 9.17) is 16.3 Å². The second kappa shape index (κ2) is 6.31. The van der Waals surface area contributed by atoms with Crippen LogP contribution in [0.3, 0.4) is 0 Å². The Morgan fingerprint density at radius 2 is 2.28 bits per heavy atom. The van der Waals surface area contributed by atoms with Crippen LogP contribution in [0.25, 0.3) is 0 Å². The fourth-order valence-corrected chi connectivity index (χ4v) is 2.01. The topological polar surface area (TPSA) is 50.3 Å². The van der Waals surface area contributed by atoms with Crippen molar-refractivity contribution < 1.29 is 4.74 Å². The molecule has 0 radical (unpaired) electrons. The van der Waals surface area contributed by atoms with E-state index in [9.17, 15) is 0 Å².